The Balaban J connectivity index is 1.75. The SMILES string of the molecule is OC1(CNC2=NCCCCC2)CCC1. The molecule has 3 nitrogen and oxygen atoms in total. The second kappa shape index (κ2) is 4.30. The summed E-state index contributed by atoms with van der Waals surface area (Å²) in [4.78, 5) is 4.48. The van der Waals surface area contributed by atoms with Crippen LogP contribution in [0.5, 0.6) is 0 Å². The summed E-state index contributed by atoms with van der Waals surface area (Å²) in [6.45, 7) is 1.66. The van der Waals surface area contributed by atoms with E-state index in [1.54, 1.807) is 0 Å². The normalized spacial score (nSPS) is 25.9. The molecule has 0 saturated heterocycles. The molecule has 2 rings (SSSR count). The van der Waals surface area contributed by atoms with E-state index in [-0.39, 0.29) is 0 Å². The summed E-state index contributed by atoms with van der Waals surface area (Å²) in [6.07, 6.45) is 7.89. The number of aliphatic imine (C=N–C) groups is 1. The Morgan fingerprint density at radius 3 is 2.79 bits per heavy atom. The Labute approximate surface area is 85.6 Å². The van der Waals surface area contributed by atoms with Gasteiger partial charge in [0.1, 0.15) is 0 Å². The van der Waals surface area contributed by atoms with Crippen LogP contribution in [0.1, 0.15) is 44.9 Å². The lowest BCUT2D eigenvalue weighted by molar-refractivity contribution is -0.0278. The second-order valence-corrected chi connectivity index (χ2v) is 4.57. The van der Waals surface area contributed by atoms with Crippen molar-refractivity contribution in [2.24, 2.45) is 4.99 Å². The molecule has 80 valence electrons. The first-order valence-electron chi connectivity index (χ1n) is 5.78. The first-order valence-corrected chi connectivity index (χ1v) is 5.78. The highest BCUT2D eigenvalue weighted by molar-refractivity contribution is 5.82. The minimum absolute atomic E-state index is 0.422. The number of hydrogen-bond donors (Lipinski definition) is 2. The van der Waals surface area contributed by atoms with Crippen LogP contribution in [0.15, 0.2) is 4.99 Å². The summed E-state index contributed by atoms with van der Waals surface area (Å²) >= 11 is 0. The maximum Gasteiger partial charge on any atom is 0.0964 e. The van der Waals surface area contributed by atoms with Crippen LogP contribution in [0.25, 0.3) is 0 Å². The zero-order chi connectivity index (χ0) is 9.86. The van der Waals surface area contributed by atoms with E-state index in [1.807, 2.05) is 0 Å². The molecule has 0 bridgehead atoms. The van der Waals surface area contributed by atoms with Crippen molar-refractivity contribution in [3.8, 4) is 0 Å². The van der Waals surface area contributed by atoms with Crippen molar-refractivity contribution in [2.75, 3.05) is 13.1 Å². The van der Waals surface area contributed by atoms with Crippen molar-refractivity contribution in [3.63, 3.8) is 0 Å². The minimum atomic E-state index is -0.422. The van der Waals surface area contributed by atoms with Gasteiger partial charge in [-0.15, -0.1) is 0 Å². The zero-order valence-corrected chi connectivity index (χ0v) is 8.76. The summed E-state index contributed by atoms with van der Waals surface area (Å²) in [6, 6.07) is 0. The van der Waals surface area contributed by atoms with Gasteiger partial charge in [0.25, 0.3) is 0 Å². The Morgan fingerprint density at radius 2 is 2.07 bits per heavy atom. The largest absolute Gasteiger partial charge is 0.388 e. The fraction of sp³-hybridized carbons (Fsp3) is 0.909. The molecule has 0 atom stereocenters. The molecule has 1 aliphatic carbocycles. The number of rotatable bonds is 2. The van der Waals surface area contributed by atoms with E-state index >= 15 is 0 Å². The number of amidine groups is 1. The van der Waals surface area contributed by atoms with Gasteiger partial charge in [0.2, 0.25) is 0 Å². The fourth-order valence-corrected chi connectivity index (χ4v) is 2.05. The molecule has 3 heteroatoms. The maximum absolute atomic E-state index is 9.89. The second-order valence-electron chi connectivity index (χ2n) is 4.57. The molecule has 0 amide bonds. The van der Waals surface area contributed by atoms with Crippen LogP contribution in [0.3, 0.4) is 0 Å². The van der Waals surface area contributed by atoms with Gasteiger partial charge in [-0.3, -0.25) is 4.99 Å². The highest BCUT2D eigenvalue weighted by Gasteiger charge is 2.34. The highest BCUT2D eigenvalue weighted by Crippen LogP contribution is 2.30. The molecular formula is C11H20N2O. The average Bonchev–Trinajstić information content (AvgIpc) is 2.40. The summed E-state index contributed by atoms with van der Waals surface area (Å²) in [5, 5.41) is 13.2. The molecule has 2 N–H and O–H groups in total. The van der Waals surface area contributed by atoms with Crippen LogP contribution < -0.4 is 5.32 Å². The van der Waals surface area contributed by atoms with Crippen LogP contribution in [-0.2, 0) is 0 Å². The van der Waals surface area contributed by atoms with Gasteiger partial charge in [-0.2, -0.15) is 0 Å². The van der Waals surface area contributed by atoms with Gasteiger partial charge < -0.3 is 10.4 Å². The average molecular weight is 196 g/mol. The van der Waals surface area contributed by atoms with Crippen LogP contribution in [-0.4, -0.2) is 29.6 Å². The topological polar surface area (TPSA) is 44.6 Å². The van der Waals surface area contributed by atoms with Gasteiger partial charge in [0.15, 0.2) is 0 Å². The monoisotopic (exact) mass is 196 g/mol. The number of aliphatic hydroxyl groups is 1. The summed E-state index contributed by atoms with van der Waals surface area (Å²) in [5.74, 6) is 1.11. The Bertz CT molecular complexity index is 221. The molecule has 14 heavy (non-hydrogen) atoms. The number of nitrogens with zero attached hydrogens (tertiary/aromatic N) is 1. The van der Waals surface area contributed by atoms with Gasteiger partial charge in [0, 0.05) is 19.5 Å². The molecule has 1 aliphatic heterocycles. The predicted octanol–water partition coefficient (Wildman–Crippen LogP) is 1.46. The van der Waals surface area contributed by atoms with Crippen molar-refractivity contribution in [3.05, 3.63) is 0 Å². The van der Waals surface area contributed by atoms with Gasteiger partial charge in [0.05, 0.1) is 11.4 Å². The minimum Gasteiger partial charge on any atom is -0.388 e. The van der Waals surface area contributed by atoms with Gasteiger partial charge >= 0.3 is 0 Å². The molecule has 0 aromatic heterocycles. The van der Waals surface area contributed by atoms with Gasteiger partial charge in [-0.1, -0.05) is 6.42 Å². The van der Waals surface area contributed by atoms with Crippen molar-refractivity contribution < 1.29 is 5.11 Å². The molecular weight excluding hydrogens is 176 g/mol. The van der Waals surface area contributed by atoms with Crippen LogP contribution >= 0.6 is 0 Å². The molecule has 0 unspecified atom stereocenters. The highest BCUT2D eigenvalue weighted by atomic mass is 16.3. The van der Waals surface area contributed by atoms with Gasteiger partial charge in [-0.05, 0) is 32.1 Å². The number of nitrogens with one attached hydrogen (secondary N) is 1. The lowest BCUT2D eigenvalue weighted by Gasteiger charge is -2.37. The molecule has 1 fully saturated rings. The quantitative estimate of drug-likeness (QED) is 0.702. The molecule has 2 aliphatic rings. The summed E-state index contributed by atoms with van der Waals surface area (Å²) in [7, 11) is 0. The standard InChI is InChI=1S/C11H20N2O/c14-11(6-4-7-11)9-13-10-5-2-1-3-8-12-10/h14H,1-9H2,(H,12,13). The van der Waals surface area contributed by atoms with E-state index in [9.17, 15) is 5.11 Å². The summed E-state index contributed by atoms with van der Waals surface area (Å²) < 4.78 is 0. The summed E-state index contributed by atoms with van der Waals surface area (Å²) in [5.41, 5.74) is -0.422. The van der Waals surface area contributed by atoms with E-state index in [0.717, 1.165) is 31.6 Å². The lowest BCUT2D eigenvalue weighted by atomic mass is 9.80. The molecule has 1 heterocycles. The van der Waals surface area contributed by atoms with Crippen LogP contribution in [0, 0.1) is 0 Å². The Hall–Kier alpha value is -0.570. The third-order valence-electron chi connectivity index (χ3n) is 3.28. The van der Waals surface area contributed by atoms with E-state index < -0.39 is 5.60 Å². The lowest BCUT2D eigenvalue weighted by Crippen LogP contribution is -2.47. The fourth-order valence-electron chi connectivity index (χ4n) is 2.05. The van der Waals surface area contributed by atoms with Crippen LogP contribution in [0.2, 0.25) is 0 Å². The Morgan fingerprint density at radius 1 is 1.21 bits per heavy atom. The van der Waals surface area contributed by atoms with Crippen molar-refractivity contribution >= 4 is 5.84 Å². The molecule has 0 aromatic carbocycles. The third kappa shape index (κ3) is 2.47. The number of hydrogen-bond acceptors (Lipinski definition) is 3. The van der Waals surface area contributed by atoms with E-state index in [0.29, 0.717) is 6.54 Å². The predicted molar refractivity (Wildman–Crippen MR) is 57.6 cm³/mol. The van der Waals surface area contributed by atoms with Crippen molar-refractivity contribution in [2.45, 2.75) is 50.5 Å². The van der Waals surface area contributed by atoms with Gasteiger partial charge in [-0.25, -0.2) is 0 Å². The van der Waals surface area contributed by atoms with E-state index in [4.69, 9.17) is 0 Å². The Kier molecular flexibility index (Phi) is 3.06. The van der Waals surface area contributed by atoms with E-state index in [1.165, 1.54) is 25.7 Å². The molecule has 1 saturated carbocycles. The molecule has 0 aromatic rings. The third-order valence-corrected chi connectivity index (χ3v) is 3.28. The van der Waals surface area contributed by atoms with Crippen LogP contribution in [0.4, 0.5) is 0 Å². The van der Waals surface area contributed by atoms with E-state index in [2.05, 4.69) is 10.3 Å². The molecule has 0 spiro atoms. The first kappa shape index (κ1) is 9.97. The molecule has 0 radical (unpaired) electrons. The first-order chi connectivity index (χ1) is 6.79. The zero-order valence-electron chi connectivity index (χ0n) is 8.76. The maximum atomic E-state index is 9.89. The van der Waals surface area contributed by atoms with Crippen molar-refractivity contribution in [1.82, 2.24) is 5.32 Å². The smallest absolute Gasteiger partial charge is 0.0964 e. The van der Waals surface area contributed by atoms with Crippen molar-refractivity contribution in [1.29, 1.82) is 0 Å².